The molecule has 0 aliphatic heterocycles. The van der Waals surface area contributed by atoms with Crippen LogP contribution >= 0.6 is 0 Å². The van der Waals surface area contributed by atoms with Crippen LogP contribution in [0.3, 0.4) is 0 Å². The van der Waals surface area contributed by atoms with Gasteiger partial charge in [0, 0.05) is 5.41 Å². The molecule has 3 nitrogen and oxygen atoms in total. The summed E-state index contributed by atoms with van der Waals surface area (Å²) < 4.78 is 32.5. The van der Waals surface area contributed by atoms with E-state index in [1.807, 2.05) is 57.2 Å². The Labute approximate surface area is 125 Å². The van der Waals surface area contributed by atoms with Crippen molar-refractivity contribution in [2.24, 2.45) is 0 Å². The summed E-state index contributed by atoms with van der Waals surface area (Å²) >= 11 is 0. The van der Waals surface area contributed by atoms with Crippen molar-refractivity contribution in [3.05, 3.63) is 58.7 Å². The number of benzene rings is 2. The predicted molar refractivity (Wildman–Crippen MR) is 84.2 cm³/mol. The van der Waals surface area contributed by atoms with Crippen LogP contribution in [0, 0.1) is 13.8 Å². The molecule has 3 rings (SSSR count). The maximum Gasteiger partial charge on any atom is 0.266 e. The largest absolute Gasteiger partial charge is 0.286 e. The highest BCUT2D eigenvalue weighted by Gasteiger charge is 2.42. The molecule has 0 unspecified atom stereocenters. The number of fused-ring (bicyclic) bond motifs is 3. The Morgan fingerprint density at radius 3 is 1.76 bits per heavy atom. The quantitative estimate of drug-likeness (QED) is 0.864. The summed E-state index contributed by atoms with van der Waals surface area (Å²) in [5.41, 5.74) is 5.51. The summed E-state index contributed by atoms with van der Waals surface area (Å²) in [4.78, 5) is 0. The van der Waals surface area contributed by atoms with Gasteiger partial charge in [-0.2, -0.15) is 8.42 Å². The second-order valence-corrected chi connectivity index (χ2v) is 7.61. The van der Waals surface area contributed by atoms with Crippen LogP contribution in [0.25, 0.3) is 11.1 Å². The lowest BCUT2D eigenvalue weighted by Crippen LogP contribution is -2.30. The predicted octanol–water partition coefficient (Wildman–Crippen LogP) is 3.48. The number of aryl methyl sites for hydroxylation is 2. The summed E-state index contributed by atoms with van der Waals surface area (Å²) in [6.07, 6.45) is 0. The van der Waals surface area contributed by atoms with E-state index in [0.29, 0.717) is 0 Å². The zero-order valence-electron chi connectivity index (χ0n) is 12.3. The third-order valence-electron chi connectivity index (χ3n) is 4.30. The van der Waals surface area contributed by atoms with Crippen molar-refractivity contribution < 1.29 is 13.0 Å². The van der Waals surface area contributed by atoms with E-state index in [9.17, 15) is 13.0 Å². The van der Waals surface area contributed by atoms with Crippen molar-refractivity contribution in [1.82, 2.24) is 0 Å². The molecule has 21 heavy (non-hydrogen) atoms. The van der Waals surface area contributed by atoms with Crippen molar-refractivity contribution in [2.75, 3.05) is 5.75 Å². The van der Waals surface area contributed by atoms with Crippen LogP contribution in [0.1, 0.15) is 29.2 Å². The molecule has 1 N–H and O–H groups in total. The van der Waals surface area contributed by atoms with E-state index in [1.165, 1.54) is 0 Å². The first-order valence-corrected chi connectivity index (χ1v) is 8.49. The van der Waals surface area contributed by atoms with Gasteiger partial charge in [-0.3, -0.25) is 4.55 Å². The van der Waals surface area contributed by atoms with Crippen molar-refractivity contribution >= 4 is 10.1 Å². The second kappa shape index (κ2) is 4.42. The Balaban J connectivity index is 2.34. The van der Waals surface area contributed by atoms with E-state index >= 15 is 0 Å². The van der Waals surface area contributed by atoms with Gasteiger partial charge in [-0.05, 0) is 36.1 Å². The van der Waals surface area contributed by atoms with Crippen molar-refractivity contribution in [1.29, 1.82) is 0 Å². The Hall–Kier alpha value is -1.65. The Morgan fingerprint density at radius 2 is 1.38 bits per heavy atom. The molecule has 4 heteroatoms. The fraction of sp³-hybridized carbons (Fsp3) is 0.294. The zero-order valence-corrected chi connectivity index (χ0v) is 13.2. The third kappa shape index (κ3) is 2.28. The fourth-order valence-electron chi connectivity index (χ4n) is 3.36. The lowest BCUT2D eigenvalue weighted by atomic mass is 9.81. The SMILES string of the molecule is Cc1ccc2c(c1)C(C)(CS(=O)(=O)O)c1cc(C)ccc1-2. The van der Waals surface area contributed by atoms with Crippen molar-refractivity contribution in [2.45, 2.75) is 26.2 Å². The molecule has 2 aromatic rings. The number of rotatable bonds is 2. The highest BCUT2D eigenvalue weighted by molar-refractivity contribution is 7.85. The lowest BCUT2D eigenvalue weighted by molar-refractivity contribution is 0.468. The minimum absolute atomic E-state index is 0.299. The standard InChI is InChI=1S/C17H18O3S/c1-11-4-6-13-14-7-5-12(2)9-16(14)17(3,15(13)8-11)10-21(18,19)20/h4-9H,10H2,1-3H3,(H,18,19,20). The first kappa shape index (κ1) is 14.3. The van der Waals surface area contributed by atoms with Gasteiger partial charge in [0.15, 0.2) is 0 Å². The van der Waals surface area contributed by atoms with Gasteiger partial charge >= 0.3 is 0 Å². The fourth-order valence-corrected chi connectivity index (χ4v) is 4.40. The molecule has 0 fully saturated rings. The second-order valence-electron chi connectivity index (χ2n) is 6.16. The monoisotopic (exact) mass is 302 g/mol. The van der Waals surface area contributed by atoms with Gasteiger partial charge < -0.3 is 0 Å². The highest BCUT2D eigenvalue weighted by Crippen LogP contribution is 2.49. The van der Waals surface area contributed by atoms with Crippen LogP contribution in [-0.2, 0) is 15.5 Å². The molecule has 1 aliphatic carbocycles. The van der Waals surface area contributed by atoms with Gasteiger partial charge in [0.1, 0.15) is 0 Å². The molecule has 0 atom stereocenters. The number of hydrogen-bond donors (Lipinski definition) is 1. The zero-order chi connectivity index (χ0) is 15.4. The van der Waals surface area contributed by atoms with E-state index in [2.05, 4.69) is 0 Å². The minimum Gasteiger partial charge on any atom is -0.286 e. The van der Waals surface area contributed by atoms with Crippen LogP contribution in [0.15, 0.2) is 36.4 Å². The average Bonchev–Trinajstić information content (AvgIpc) is 2.57. The van der Waals surface area contributed by atoms with Gasteiger partial charge in [0.2, 0.25) is 0 Å². The van der Waals surface area contributed by atoms with Crippen LogP contribution < -0.4 is 0 Å². The van der Waals surface area contributed by atoms with E-state index in [1.54, 1.807) is 0 Å². The summed E-state index contributed by atoms with van der Waals surface area (Å²) in [6, 6.07) is 12.2. The Bertz CT molecular complexity index is 784. The van der Waals surface area contributed by atoms with Crippen molar-refractivity contribution in [3.8, 4) is 11.1 Å². The van der Waals surface area contributed by atoms with E-state index in [4.69, 9.17) is 0 Å². The van der Waals surface area contributed by atoms with Gasteiger partial charge in [0.05, 0.1) is 5.75 Å². The Morgan fingerprint density at radius 1 is 0.952 bits per heavy atom. The number of hydrogen-bond acceptors (Lipinski definition) is 2. The normalized spacial score (nSPS) is 15.6. The summed E-state index contributed by atoms with van der Waals surface area (Å²) in [7, 11) is -4.08. The maximum atomic E-state index is 11.5. The van der Waals surface area contributed by atoms with Gasteiger partial charge in [-0.15, -0.1) is 0 Å². The Kier molecular flexibility index (Phi) is 3.01. The van der Waals surface area contributed by atoms with E-state index in [-0.39, 0.29) is 5.75 Å². The molecule has 2 aromatic carbocycles. The van der Waals surface area contributed by atoms with Crippen LogP contribution in [0.5, 0.6) is 0 Å². The minimum atomic E-state index is -4.08. The average molecular weight is 302 g/mol. The molecule has 0 spiro atoms. The molecule has 1 aliphatic rings. The molecule has 0 amide bonds. The van der Waals surface area contributed by atoms with E-state index in [0.717, 1.165) is 33.4 Å². The smallest absolute Gasteiger partial charge is 0.266 e. The van der Waals surface area contributed by atoms with Gasteiger partial charge in [-0.1, -0.05) is 54.4 Å². The topological polar surface area (TPSA) is 54.4 Å². The molecule has 0 bridgehead atoms. The summed E-state index contributed by atoms with van der Waals surface area (Å²) in [5, 5.41) is 0. The van der Waals surface area contributed by atoms with Gasteiger partial charge in [0.25, 0.3) is 10.1 Å². The van der Waals surface area contributed by atoms with Crippen LogP contribution in [0.2, 0.25) is 0 Å². The summed E-state index contributed by atoms with van der Waals surface area (Å²) in [6.45, 7) is 5.87. The molecule has 0 saturated heterocycles. The van der Waals surface area contributed by atoms with Gasteiger partial charge in [-0.25, -0.2) is 0 Å². The molecule has 0 heterocycles. The molecular formula is C17H18O3S. The maximum absolute atomic E-state index is 11.5. The lowest BCUT2D eigenvalue weighted by Gasteiger charge is -2.26. The molecule has 0 saturated carbocycles. The van der Waals surface area contributed by atoms with Crippen LogP contribution in [-0.4, -0.2) is 18.7 Å². The van der Waals surface area contributed by atoms with Crippen molar-refractivity contribution in [3.63, 3.8) is 0 Å². The molecule has 0 radical (unpaired) electrons. The van der Waals surface area contributed by atoms with Crippen LogP contribution in [0.4, 0.5) is 0 Å². The first-order valence-electron chi connectivity index (χ1n) is 6.88. The molecule has 0 aromatic heterocycles. The molecule has 110 valence electrons. The highest BCUT2D eigenvalue weighted by atomic mass is 32.2. The third-order valence-corrected chi connectivity index (χ3v) is 5.24. The molecular weight excluding hydrogens is 284 g/mol. The summed E-state index contributed by atoms with van der Waals surface area (Å²) in [5.74, 6) is -0.299. The first-order chi connectivity index (χ1) is 9.71. The van der Waals surface area contributed by atoms with E-state index < -0.39 is 15.5 Å².